The van der Waals surface area contributed by atoms with Crippen LogP contribution in [0.5, 0.6) is 0 Å². The summed E-state index contributed by atoms with van der Waals surface area (Å²) in [7, 11) is 5.21. The molecule has 19 heavy (non-hydrogen) atoms. The first-order chi connectivity index (χ1) is 9.02. The third kappa shape index (κ3) is 2.70. The molecule has 0 radical (unpaired) electrons. The molecule has 1 heterocycles. The lowest BCUT2D eigenvalue weighted by atomic mass is 9.95. The number of rotatable bonds is 3. The van der Waals surface area contributed by atoms with Crippen LogP contribution in [0.2, 0.25) is 0 Å². The number of carbonyl (C=O) groups is 2. The van der Waals surface area contributed by atoms with Crippen LogP contribution in [-0.2, 0) is 19.1 Å². The van der Waals surface area contributed by atoms with Crippen molar-refractivity contribution in [1.29, 1.82) is 0 Å². The predicted octanol–water partition coefficient (Wildman–Crippen LogP) is 1.53. The maximum absolute atomic E-state index is 11.7. The highest BCUT2D eigenvalue weighted by atomic mass is 16.6. The highest BCUT2D eigenvalue weighted by Crippen LogP contribution is 2.36. The summed E-state index contributed by atoms with van der Waals surface area (Å²) >= 11 is 0. The summed E-state index contributed by atoms with van der Waals surface area (Å²) in [4.78, 5) is 25.0. The summed E-state index contributed by atoms with van der Waals surface area (Å²) < 4.78 is 9.95. The second kappa shape index (κ2) is 5.30. The van der Waals surface area contributed by atoms with Crippen LogP contribution >= 0.6 is 0 Å². The second-order valence-electron chi connectivity index (χ2n) is 4.73. The van der Waals surface area contributed by atoms with Crippen molar-refractivity contribution in [3.8, 4) is 0 Å². The van der Waals surface area contributed by atoms with Crippen LogP contribution in [0, 0.1) is 5.92 Å². The van der Waals surface area contributed by atoms with Crippen molar-refractivity contribution in [2.75, 3.05) is 26.1 Å². The van der Waals surface area contributed by atoms with Crippen LogP contribution in [0.1, 0.15) is 18.1 Å². The van der Waals surface area contributed by atoms with E-state index in [9.17, 15) is 9.59 Å². The molecular weight excluding hydrogens is 246 g/mol. The second-order valence-corrected chi connectivity index (χ2v) is 4.73. The Bertz CT molecular complexity index is 481. The van der Waals surface area contributed by atoms with Crippen molar-refractivity contribution in [3.63, 3.8) is 0 Å². The molecule has 1 aromatic rings. The summed E-state index contributed by atoms with van der Waals surface area (Å²) in [6, 6.07) is 7.59. The number of hydrogen-bond donors (Lipinski definition) is 0. The highest BCUT2D eigenvalue weighted by molar-refractivity contribution is 5.83. The molecule has 1 aliphatic rings. The molecule has 0 saturated carbocycles. The highest BCUT2D eigenvalue weighted by Gasteiger charge is 2.41. The molecule has 0 aliphatic carbocycles. The summed E-state index contributed by atoms with van der Waals surface area (Å²) in [5.74, 6) is -1.33. The number of carbonyl (C=O) groups excluding carboxylic acids is 2. The minimum Gasteiger partial charge on any atom is -0.469 e. The van der Waals surface area contributed by atoms with Crippen LogP contribution in [0.25, 0.3) is 0 Å². The van der Waals surface area contributed by atoms with E-state index in [-0.39, 0.29) is 12.4 Å². The first-order valence-corrected chi connectivity index (χ1v) is 6.07. The van der Waals surface area contributed by atoms with Crippen molar-refractivity contribution in [2.45, 2.75) is 12.5 Å². The van der Waals surface area contributed by atoms with E-state index in [4.69, 9.17) is 9.47 Å². The Morgan fingerprint density at radius 3 is 2.47 bits per heavy atom. The maximum Gasteiger partial charge on any atom is 0.313 e. The minimum absolute atomic E-state index is 0.0762. The van der Waals surface area contributed by atoms with Gasteiger partial charge < -0.3 is 14.4 Å². The Kier molecular flexibility index (Phi) is 3.74. The van der Waals surface area contributed by atoms with E-state index in [0.717, 1.165) is 11.3 Å². The Balaban J connectivity index is 2.24. The average molecular weight is 263 g/mol. The molecule has 2 atom stereocenters. The van der Waals surface area contributed by atoms with Gasteiger partial charge in [0.25, 0.3) is 0 Å². The molecule has 0 amide bonds. The normalized spacial score (nSPS) is 21.9. The zero-order chi connectivity index (χ0) is 14.0. The van der Waals surface area contributed by atoms with E-state index < -0.39 is 18.0 Å². The Morgan fingerprint density at radius 2 is 1.95 bits per heavy atom. The lowest BCUT2D eigenvalue weighted by molar-refractivity contribution is -0.147. The van der Waals surface area contributed by atoms with Gasteiger partial charge in [-0.05, 0) is 17.7 Å². The first-order valence-electron chi connectivity index (χ1n) is 6.07. The predicted molar refractivity (Wildman–Crippen MR) is 69.7 cm³/mol. The van der Waals surface area contributed by atoms with E-state index in [0.29, 0.717) is 0 Å². The molecule has 5 nitrogen and oxygen atoms in total. The fourth-order valence-electron chi connectivity index (χ4n) is 2.18. The number of cyclic esters (lactones) is 1. The molecular formula is C14H17NO4. The van der Waals surface area contributed by atoms with Crippen molar-refractivity contribution in [1.82, 2.24) is 0 Å². The fourth-order valence-corrected chi connectivity index (χ4v) is 2.18. The molecule has 0 bridgehead atoms. The van der Waals surface area contributed by atoms with Crippen LogP contribution in [0.3, 0.4) is 0 Å². The summed E-state index contributed by atoms with van der Waals surface area (Å²) in [5.41, 5.74) is 1.86. The summed E-state index contributed by atoms with van der Waals surface area (Å²) in [6.45, 7) is 0. The van der Waals surface area contributed by atoms with E-state index in [2.05, 4.69) is 0 Å². The lowest BCUT2D eigenvalue weighted by Gasteiger charge is -2.18. The number of benzene rings is 1. The largest absolute Gasteiger partial charge is 0.469 e. The van der Waals surface area contributed by atoms with E-state index in [1.54, 1.807) is 0 Å². The van der Waals surface area contributed by atoms with Gasteiger partial charge >= 0.3 is 11.9 Å². The van der Waals surface area contributed by atoms with Crippen LogP contribution in [0.4, 0.5) is 5.69 Å². The van der Waals surface area contributed by atoms with Crippen molar-refractivity contribution in [3.05, 3.63) is 29.8 Å². The Morgan fingerprint density at radius 1 is 1.32 bits per heavy atom. The van der Waals surface area contributed by atoms with Gasteiger partial charge in [0.15, 0.2) is 0 Å². The molecule has 0 aromatic heterocycles. The topological polar surface area (TPSA) is 55.8 Å². The first kappa shape index (κ1) is 13.4. The Labute approximate surface area is 112 Å². The van der Waals surface area contributed by atoms with Gasteiger partial charge in [0.05, 0.1) is 13.5 Å². The van der Waals surface area contributed by atoms with Crippen LogP contribution < -0.4 is 4.90 Å². The fraction of sp³-hybridized carbons (Fsp3) is 0.429. The number of anilines is 1. The van der Waals surface area contributed by atoms with Gasteiger partial charge in [-0.2, -0.15) is 0 Å². The third-order valence-corrected chi connectivity index (χ3v) is 3.25. The molecule has 5 heteroatoms. The summed E-state index contributed by atoms with van der Waals surface area (Å²) in [6.07, 6.45) is -0.469. The number of nitrogens with zero attached hydrogens (tertiary/aromatic N) is 1. The Hall–Kier alpha value is -2.04. The molecule has 1 aromatic carbocycles. The molecule has 1 aliphatic heterocycles. The number of methoxy groups -OCH3 is 1. The summed E-state index contributed by atoms with van der Waals surface area (Å²) in [5, 5.41) is 0. The average Bonchev–Trinajstić information content (AvgIpc) is 2.80. The van der Waals surface area contributed by atoms with Gasteiger partial charge in [0, 0.05) is 19.8 Å². The van der Waals surface area contributed by atoms with E-state index >= 15 is 0 Å². The molecule has 1 saturated heterocycles. The third-order valence-electron chi connectivity index (χ3n) is 3.25. The molecule has 102 valence electrons. The molecule has 0 spiro atoms. The molecule has 1 fully saturated rings. The molecule has 0 N–H and O–H groups in total. The SMILES string of the molecule is COC(=O)[C@H]1CC(=O)O[C@@H]1c1ccc(N(C)C)cc1. The van der Waals surface area contributed by atoms with Crippen molar-refractivity contribution in [2.24, 2.45) is 5.92 Å². The smallest absolute Gasteiger partial charge is 0.313 e. The lowest BCUT2D eigenvalue weighted by Crippen LogP contribution is -2.19. The van der Waals surface area contributed by atoms with Gasteiger partial charge in [-0.15, -0.1) is 0 Å². The number of esters is 2. The van der Waals surface area contributed by atoms with Crippen molar-refractivity contribution >= 4 is 17.6 Å². The molecule has 0 unspecified atom stereocenters. The number of hydrogen-bond acceptors (Lipinski definition) is 5. The number of ether oxygens (including phenoxy) is 2. The van der Waals surface area contributed by atoms with E-state index in [1.165, 1.54) is 7.11 Å². The van der Waals surface area contributed by atoms with Gasteiger partial charge in [-0.3, -0.25) is 9.59 Å². The molecule has 2 rings (SSSR count). The van der Waals surface area contributed by atoms with Gasteiger partial charge in [-0.1, -0.05) is 12.1 Å². The van der Waals surface area contributed by atoms with Gasteiger partial charge in [0.2, 0.25) is 0 Å². The monoisotopic (exact) mass is 263 g/mol. The van der Waals surface area contributed by atoms with Gasteiger partial charge in [0.1, 0.15) is 12.0 Å². The standard InChI is InChI=1S/C14H17NO4/c1-15(2)10-6-4-9(5-7-10)13-11(14(17)18-3)8-12(16)19-13/h4-7,11,13H,8H2,1-3H3/t11-,13+/m0/s1. The van der Waals surface area contributed by atoms with E-state index in [1.807, 2.05) is 43.3 Å². The zero-order valence-electron chi connectivity index (χ0n) is 11.3. The van der Waals surface area contributed by atoms with Crippen molar-refractivity contribution < 1.29 is 19.1 Å². The maximum atomic E-state index is 11.7. The zero-order valence-corrected chi connectivity index (χ0v) is 11.3. The van der Waals surface area contributed by atoms with Crippen LogP contribution in [0.15, 0.2) is 24.3 Å². The quantitative estimate of drug-likeness (QED) is 0.774. The van der Waals surface area contributed by atoms with Crippen LogP contribution in [-0.4, -0.2) is 33.1 Å². The van der Waals surface area contributed by atoms with Gasteiger partial charge in [-0.25, -0.2) is 0 Å². The minimum atomic E-state index is -0.553.